The molecule has 1 aliphatic rings. The van der Waals surface area contributed by atoms with Crippen LogP contribution in [0.3, 0.4) is 0 Å². The quantitative estimate of drug-likeness (QED) is 0.637. The predicted molar refractivity (Wildman–Crippen MR) is 83.5 cm³/mol. The minimum atomic E-state index is -4.21. The minimum Gasteiger partial charge on any atom is -0.368 e. The van der Waals surface area contributed by atoms with Crippen molar-refractivity contribution < 1.29 is 19.1 Å². The first-order chi connectivity index (χ1) is 10.8. The second kappa shape index (κ2) is 5.83. The Kier molecular flexibility index (Phi) is 4.14. The minimum absolute atomic E-state index is 0.158. The van der Waals surface area contributed by atoms with Gasteiger partial charge in [0.25, 0.3) is 0 Å². The zero-order valence-electron chi connectivity index (χ0n) is 12.8. The number of nitrogen functional groups attached to an aromatic ring is 1. The molecule has 0 aliphatic heterocycles. The van der Waals surface area contributed by atoms with Crippen molar-refractivity contribution in [2.75, 3.05) is 12.1 Å². The van der Waals surface area contributed by atoms with Crippen LogP contribution in [0.1, 0.15) is 26.2 Å². The third-order valence-corrected chi connectivity index (χ3v) is 4.61. The summed E-state index contributed by atoms with van der Waals surface area (Å²) in [5.41, 5.74) is 6.26. The van der Waals surface area contributed by atoms with Crippen LogP contribution in [0.25, 0.3) is 11.2 Å². The Labute approximate surface area is 133 Å². The molecule has 1 aliphatic carbocycles. The lowest BCUT2D eigenvalue weighted by Crippen LogP contribution is -2.25. The molecule has 0 spiro atoms. The Hall–Kier alpha value is -1.54. The van der Waals surface area contributed by atoms with E-state index >= 15 is 0 Å². The molecule has 126 valence electrons. The molecule has 9 nitrogen and oxygen atoms in total. The van der Waals surface area contributed by atoms with E-state index in [-0.39, 0.29) is 11.9 Å². The Morgan fingerprint density at radius 2 is 2.30 bits per heavy atom. The Bertz CT molecular complexity index is 760. The van der Waals surface area contributed by atoms with Crippen LogP contribution < -0.4 is 5.73 Å². The van der Waals surface area contributed by atoms with Gasteiger partial charge in [-0.3, -0.25) is 4.57 Å². The maximum absolute atomic E-state index is 11.1. The Balaban J connectivity index is 1.83. The molecule has 4 N–H and O–H groups in total. The third kappa shape index (κ3) is 3.53. The number of fused-ring (bicyclic) bond motifs is 1. The molecule has 2 atom stereocenters. The summed E-state index contributed by atoms with van der Waals surface area (Å²) in [7, 11) is -4.21. The summed E-state index contributed by atoms with van der Waals surface area (Å²) in [5.74, 6) is 0.432. The number of rotatable bonds is 7. The summed E-state index contributed by atoms with van der Waals surface area (Å²) in [5, 5.41) is 0. The smallest absolute Gasteiger partial charge is 0.351 e. The van der Waals surface area contributed by atoms with E-state index in [2.05, 4.69) is 21.9 Å². The van der Waals surface area contributed by atoms with Gasteiger partial charge in [-0.15, -0.1) is 0 Å². The number of hydrogen-bond donors (Lipinski definition) is 3. The van der Waals surface area contributed by atoms with E-state index in [4.69, 9.17) is 20.3 Å². The molecule has 2 aromatic rings. The van der Waals surface area contributed by atoms with Crippen LogP contribution in [0.15, 0.2) is 12.5 Å². The molecular formula is C13H20N5O4P. The molecule has 3 rings (SSSR count). The molecule has 23 heavy (non-hydrogen) atoms. The molecule has 1 saturated carbocycles. The van der Waals surface area contributed by atoms with E-state index in [9.17, 15) is 4.57 Å². The van der Waals surface area contributed by atoms with E-state index < -0.39 is 19.5 Å². The number of nitrogens with two attached hydrogens (primary N) is 1. The standard InChI is InChI=1S/C13H20N5O4P/c1-2-3-9-4-13(9,22-8-23(19,20)21)6-18-7-16-10-5-15-12(14)17-11(10)18/h5,7,9H,2-4,6,8H2,1H3,(H2,14,15,17)(H2,19,20,21)/t9-,13+/m1/s1. The Morgan fingerprint density at radius 3 is 3.00 bits per heavy atom. The van der Waals surface area contributed by atoms with Gasteiger partial charge in [0, 0.05) is 0 Å². The van der Waals surface area contributed by atoms with Gasteiger partial charge in [0.15, 0.2) is 5.65 Å². The molecule has 0 aromatic carbocycles. The molecule has 1 fully saturated rings. The average Bonchev–Trinajstić information content (AvgIpc) is 3.00. The molecule has 0 saturated heterocycles. The van der Waals surface area contributed by atoms with Gasteiger partial charge in [0.1, 0.15) is 11.9 Å². The van der Waals surface area contributed by atoms with Gasteiger partial charge in [-0.1, -0.05) is 13.3 Å². The van der Waals surface area contributed by atoms with E-state index in [0.29, 0.717) is 17.7 Å². The van der Waals surface area contributed by atoms with Crippen molar-refractivity contribution in [3.05, 3.63) is 12.5 Å². The summed E-state index contributed by atoms with van der Waals surface area (Å²) in [4.78, 5) is 30.5. The third-order valence-electron chi connectivity index (χ3n) is 4.15. The van der Waals surface area contributed by atoms with Gasteiger partial charge in [-0.05, 0) is 18.8 Å². The number of imidazole rings is 1. The summed E-state index contributed by atoms with van der Waals surface area (Å²) >= 11 is 0. The maximum atomic E-state index is 11.1. The van der Waals surface area contributed by atoms with Crippen molar-refractivity contribution in [3.63, 3.8) is 0 Å². The topological polar surface area (TPSA) is 136 Å². The highest BCUT2D eigenvalue weighted by Gasteiger charge is 2.55. The van der Waals surface area contributed by atoms with Gasteiger partial charge in [-0.2, -0.15) is 4.98 Å². The lowest BCUT2D eigenvalue weighted by Gasteiger charge is -2.20. The van der Waals surface area contributed by atoms with Gasteiger partial charge >= 0.3 is 7.60 Å². The van der Waals surface area contributed by atoms with Crippen molar-refractivity contribution in [2.45, 2.75) is 38.3 Å². The Morgan fingerprint density at radius 1 is 1.52 bits per heavy atom. The molecular weight excluding hydrogens is 321 g/mol. The second-order valence-electron chi connectivity index (χ2n) is 6.00. The van der Waals surface area contributed by atoms with Crippen LogP contribution in [0.4, 0.5) is 5.95 Å². The summed E-state index contributed by atoms with van der Waals surface area (Å²) in [6.45, 7) is 2.51. The van der Waals surface area contributed by atoms with Crippen LogP contribution in [0.2, 0.25) is 0 Å². The fourth-order valence-corrected chi connectivity index (χ4v) is 3.40. The first-order valence-corrected chi connectivity index (χ1v) is 9.24. The zero-order chi connectivity index (χ0) is 16.7. The van der Waals surface area contributed by atoms with Crippen molar-refractivity contribution >= 4 is 24.7 Å². The molecule has 0 unspecified atom stereocenters. The molecule has 2 aromatic heterocycles. The molecule has 10 heteroatoms. The number of aromatic nitrogens is 4. The van der Waals surface area contributed by atoms with E-state index in [1.807, 2.05) is 4.57 Å². The van der Waals surface area contributed by atoms with Gasteiger partial charge in [0.05, 0.1) is 24.7 Å². The first-order valence-electron chi connectivity index (χ1n) is 7.45. The SMILES string of the molecule is CCC[C@@H]1C[C@@]1(Cn1cnc2cnc(N)nc21)OCP(=O)(O)O. The van der Waals surface area contributed by atoms with E-state index in [1.165, 1.54) is 0 Å². The highest BCUT2D eigenvalue weighted by atomic mass is 31.2. The first kappa shape index (κ1) is 16.3. The van der Waals surface area contributed by atoms with Gasteiger partial charge in [-0.25, -0.2) is 9.97 Å². The van der Waals surface area contributed by atoms with Crippen molar-refractivity contribution in [2.24, 2.45) is 5.92 Å². The second-order valence-corrected chi connectivity index (χ2v) is 7.59. The predicted octanol–water partition coefficient (Wildman–Crippen LogP) is 1.12. The van der Waals surface area contributed by atoms with Crippen LogP contribution >= 0.6 is 7.60 Å². The maximum Gasteiger partial charge on any atom is 0.351 e. The number of hydrogen-bond acceptors (Lipinski definition) is 6. The largest absolute Gasteiger partial charge is 0.368 e. The molecule has 0 bridgehead atoms. The monoisotopic (exact) mass is 341 g/mol. The van der Waals surface area contributed by atoms with Crippen molar-refractivity contribution in [3.8, 4) is 0 Å². The van der Waals surface area contributed by atoms with Crippen LogP contribution in [0, 0.1) is 5.92 Å². The summed E-state index contributed by atoms with van der Waals surface area (Å²) in [6.07, 6.45) is 5.31. The highest BCUT2D eigenvalue weighted by Crippen LogP contribution is 2.53. The molecule has 2 heterocycles. The van der Waals surface area contributed by atoms with Gasteiger partial charge < -0.3 is 24.8 Å². The van der Waals surface area contributed by atoms with E-state index in [0.717, 1.165) is 19.3 Å². The van der Waals surface area contributed by atoms with Crippen LogP contribution in [0.5, 0.6) is 0 Å². The zero-order valence-corrected chi connectivity index (χ0v) is 13.7. The average molecular weight is 341 g/mol. The van der Waals surface area contributed by atoms with Gasteiger partial charge in [0.2, 0.25) is 5.95 Å². The lowest BCUT2D eigenvalue weighted by molar-refractivity contribution is 0.0274. The normalized spacial score (nSPS) is 24.2. The summed E-state index contributed by atoms with van der Waals surface area (Å²) in [6, 6.07) is 0. The molecule has 0 radical (unpaired) electrons. The van der Waals surface area contributed by atoms with Crippen molar-refractivity contribution in [1.82, 2.24) is 19.5 Å². The number of nitrogens with zero attached hydrogens (tertiary/aromatic N) is 4. The fourth-order valence-electron chi connectivity index (χ4n) is 2.97. The van der Waals surface area contributed by atoms with E-state index in [1.54, 1.807) is 12.5 Å². The summed E-state index contributed by atoms with van der Waals surface area (Å²) < 4.78 is 18.6. The highest BCUT2D eigenvalue weighted by molar-refractivity contribution is 7.51. The number of ether oxygens (including phenoxy) is 1. The van der Waals surface area contributed by atoms with Crippen LogP contribution in [-0.4, -0.2) is 41.3 Å². The van der Waals surface area contributed by atoms with Crippen molar-refractivity contribution in [1.29, 1.82) is 0 Å². The van der Waals surface area contributed by atoms with Crippen LogP contribution in [-0.2, 0) is 15.8 Å². The molecule has 0 amide bonds. The fraction of sp³-hybridized carbons (Fsp3) is 0.615. The lowest BCUT2D eigenvalue weighted by atomic mass is 10.1. The number of anilines is 1.